The predicted molar refractivity (Wildman–Crippen MR) is 101 cm³/mol. The van der Waals surface area contributed by atoms with Crippen LogP contribution in [0.5, 0.6) is 11.5 Å². The molecule has 0 atom stereocenters. The summed E-state index contributed by atoms with van der Waals surface area (Å²) in [4.78, 5) is 23.0. The van der Waals surface area contributed by atoms with Crippen molar-refractivity contribution >= 4 is 28.6 Å². The first-order chi connectivity index (χ1) is 13.9. The highest BCUT2D eigenvalue weighted by molar-refractivity contribution is 6.12. The molecule has 7 heteroatoms. The molecule has 3 aromatic rings. The van der Waals surface area contributed by atoms with Crippen LogP contribution in [0.3, 0.4) is 0 Å². The van der Waals surface area contributed by atoms with Gasteiger partial charge in [0.2, 0.25) is 0 Å². The first kappa shape index (κ1) is 20.0. The molecule has 0 bridgehead atoms. The molecule has 0 spiro atoms. The van der Waals surface area contributed by atoms with E-state index in [1.54, 1.807) is 42.5 Å². The fraction of sp³-hybridized carbons (Fsp3) is 0.0909. The summed E-state index contributed by atoms with van der Waals surface area (Å²) in [7, 11) is 0. The van der Waals surface area contributed by atoms with Gasteiger partial charge >= 0.3 is 6.61 Å². The number of aliphatic carboxylic acids is 1. The topological polar surface area (TPSA) is 75.7 Å². The van der Waals surface area contributed by atoms with Gasteiger partial charge in [-0.05, 0) is 35.2 Å². The zero-order valence-electron chi connectivity index (χ0n) is 15.0. The number of benzene rings is 3. The number of rotatable bonds is 8. The van der Waals surface area contributed by atoms with Gasteiger partial charge in [0.15, 0.2) is 5.78 Å². The number of hydrogen-bond donors (Lipinski definition) is 0. The van der Waals surface area contributed by atoms with Gasteiger partial charge in [-0.25, -0.2) is 0 Å². The van der Waals surface area contributed by atoms with Crippen molar-refractivity contribution in [1.29, 1.82) is 0 Å². The van der Waals surface area contributed by atoms with Crippen LogP contribution in [0.15, 0.2) is 66.7 Å². The molecule has 3 rings (SSSR count). The second-order valence-electron chi connectivity index (χ2n) is 5.97. The van der Waals surface area contributed by atoms with Crippen LogP contribution < -0.4 is 14.6 Å². The first-order valence-corrected chi connectivity index (χ1v) is 8.56. The maximum Gasteiger partial charge on any atom is 0.387 e. The summed E-state index contributed by atoms with van der Waals surface area (Å²) in [6.45, 7) is -3.63. The molecule has 0 N–H and O–H groups in total. The van der Waals surface area contributed by atoms with Crippen molar-refractivity contribution in [2.24, 2.45) is 0 Å². The van der Waals surface area contributed by atoms with Gasteiger partial charge in [0.05, 0.1) is 11.5 Å². The lowest BCUT2D eigenvalue weighted by Gasteiger charge is -2.12. The van der Waals surface area contributed by atoms with Gasteiger partial charge in [-0.3, -0.25) is 4.79 Å². The average molecular weight is 397 g/mol. The minimum absolute atomic E-state index is 0.0224. The van der Waals surface area contributed by atoms with Crippen molar-refractivity contribution < 1.29 is 33.0 Å². The molecule has 0 aliphatic carbocycles. The third-order valence-electron chi connectivity index (χ3n) is 4.02. The number of alkyl halides is 2. The summed E-state index contributed by atoms with van der Waals surface area (Å²) in [5, 5.41) is 11.5. The Morgan fingerprint density at radius 2 is 1.72 bits per heavy atom. The Bertz CT molecular complexity index is 1060. The number of hydrogen-bond acceptors (Lipinski definition) is 5. The number of halogens is 2. The maximum absolute atomic E-state index is 12.9. The van der Waals surface area contributed by atoms with Crippen LogP contribution >= 0.6 is 0 Å². The van der Waals surface area contributed by atoms with Gasteiger partial charge in [0.1, 0.15) is 18.1 Å². The summed E-state index contributed by atoms with van der Waals surface area (Å²) in [5.41, 5.74) is 0.658. The molecule has 0 aliphatic rings. The second kappa shape index (κ2) is 8.97. The lowest BCUT2D eigenvalue weighted by Crippen LogP contribution is -2.28. The van der Waals surface area contributed by atoms with Gasteiger partial charge in [-0.2, -0.15) is 8.78 Å². The molecular formula is C22H15F2O5-. The van der Waals surface area contributed by atoms with Crippen LogP contribution in [-0.4, -0.2) is 25.0 Å². The maximum atomic E-state index is 12.9. The Labute approximate surface area is 164 Å². The lowest BCUT2D eigenvalue weighted by atomic mass is 10.0. The van der Waals surface area contributed by atoms with Crippen LogP contribution in [0.4, 0.5) is 8.78 Å². The van der Waals surface area contributed by atoms with E-state index in [2.05, 4.69) is 4.74 Å². The quantitative estimate of drug-likeness (QED) is 0.430. The van der Waals surface area contributed by atoms with Gasteiger partial charge in [-0.1, -0.05) is 48.5 Å². The number of carboxylic acids is 1. The van der Waals surface area contributed by atoms with Crippen molar-refractivity contribution in [3.8, 4) is 11.5 Å². The largest absolute Gasteiger partial charge is 0.546 e. The molecule has 0 saturated heterocycles. The molecule has 29 heavy (non-hydrogen) atoms. The number of carboxylic acid groups (broad SMARTS) is 1. The van der Waals surface area contributed by atoms with E-state index in [0.717, 1.165) is 0 Å². The molecule has 0 amide bonds. The highest BCUT2D eigenvalue weighted by Gasteiger charge is 2.17. The van der Waals surface area contributed by atoms with Crippen molar-refractivity contribution in [3.63, 3.8) is 0 Å². The van der Waals surface area contributed by atoms with Crippen LogP contribution in [0.2, 0.25) is 0 Å². The van der Waals surface area contributed by atoms with Crippen molar-refractivity contribution in [2.45, 2.75) is 6.61 Å². The minimum Gasteiger partial charge on any atom is -0.546 e. The molecule has 148 valence electrons. The van der Waals surface area contributed by atoms with E-state index < -0.39 is 25.0 Å². The van der Waals surface area contributed by atoms with Crippen molar-refractivity contribution in [1.82, 2.24) is 0 Å². The number of carbonyl (C=O) groups excluding carboxylic acids is 2. The molecule has 0 saturated carbocycles. The standard InChI is InChI=1S/C22H16F2O5/c23-22(24)29-21-17-4-2-1-3-15(17)8-11-18(21)19(25)12-7-14-5-9-16(10-6-14)28-13-20(26)27/h1-12,22H,13H2,(H,26,27)/p-1/b12-7+. The Hall–Kier alpha value is -3.74. The molecule has 0 aromatic heterocycles. The normalized spacial score (nSPS) is 11.1. The van der Waals surface area contributed by atoms with Gasteiger partial charge in [0, 0.05) is 5.39 Å². The summed E-state index contributed by atoms with van der Waals surface area (Å²) in [6.07, 6.45) is 2.76. The monoisotopic (exact) mass is 397 g/mol. The molecule has 0 fully saturated rings. The Morgan fingerprint density at radius 3 is 2.41 bits per heavy atom. The molecule has 5 nitrogen and oxygen atoms in total. The summed E-state index contributed by atoms with van der Waals surface area (Å²) >= 11 is 0. The molecular weight excluding hydrogens is 382 g/mol. The smallest absolute Gasteiger partial charge is 0.387 e. The molecule has 0 aliphatic heterocycles. The first-order valence-electron chi connectivity index (χ1n) is 8.56. The van der Waals surface area contributed by atoms with Gasteiger partial charge in [-0.15, -0.1) is 0 Å². The summed E-state index contributed by atoms with van der Waals surface area (Å²) < 4.78 is 35.4. The summed E-state index contributed by atoms with van der Waals surface area (Å²) in [5.74, 6) is -1.67. The number of allylic oxidation sites excluding steroid dienone is 1. The van der Waals surface area contributed by atoms with Gasteiger partial charge < -0.3 is 19.4 Å². The minimum atomic E-state index is -3.06. The lowest BCUT2D eigenvalue weighted by molar-refractivity contribution is -0.307. The van der Waals surface area contributed by atoms with Crippen LogP contribution in [0, 0.1) is 0 Å². The van der Waals surface area contributed by atoms with E-state index in [1.165, 1.54) is 30.4 Å². The summed E-state index contributed by atoms with van der Waals surface area (Å²) in [6, 6.07) is 16.2. The third-order valence-corrected chi connectivity index (χ3v) is 4.02. The number of carbonyl (C=O) groups is 2. The highest BCUT2D eigenvalue weighted by atomic mass is 19.3. The fourth-order valence-corrected chi connectivity index (χ4v) is 2.73. The van der Waals surface area contributed by atoms with Crippen LogP contribution in [0.25, 0.3) is 16.8 Å². The Morgan fingerprint density at radius 1 is 1.00 bits per heavy atom. The predicted octanol–water partition coefficient (Wildman–Crippen LogP) is 3.47. The molecule has 0 unspecified atom stereocenters. The van der Waals surface area contributed by atoms with Crippen LogP contribution in [0.1, 0.15) is 15.9 Å². The molecule has 0 radical (unpaired) electrons. The second-order valence-corrected chi connectivity index (χ2v) is 5.97. The van der Waals surface area contributed by atoms with E-state index in [0.29, 0.717) is 22.1 Å². The molecule has 0 heterocycles. The number of fused-ring (bicyclic) bond motifs is 1. The zero-order valence-corrected chi connectivity index (χ0v) is 15.0. The van der Waals surface area contributed by atoms with E-state index >= 15 is 0 Å². The molecule has 3 aromatic carbocycles. The third kappa shape index (κ3) is 5.16. The van der Waals surface area contributed by atoms with Gasteiger partial charge in [0.25, 0.3) is 0 Å². The fourth-order valence-electron chi connectivity index (χ4n) is 2.73. The Kier molecular flexibility index (Phi) is 6.19. The van der Waals surface area contributed by atoms with E-state index in [-0.39, 0.29) is 11.3 Å². The SMILES string of the molecule is O=C([O-])COc1ccc(/C=C/C(=O)c2ccc3ccccc3c2OC(F)F)cc1. The van der Waals surface area contributed by atoms with Crippen molar-refractivity contribution in [3.05, 3.63) is 77.9 Å². The Balaban J connectivity index is 1.83. The average Bonchev–Trinajstić information content (AvgIpc) is 2.71. The van der Waals surface area contributed by atoms with E-state index in [9.17, 15) is 23.5 Å². The zero-order chi connectivity index (χ0) is 20.8. The van der Waals surface area contributed by atoms with Crippen LogP contribution in [-0.2, 0) is 4.79 Å². The number of ketones is 1. The van der Waals surface area contributed by atoms with E-state index in [4.69, 9.17) is 4.74 Å². The van der Waals surface area contributed by atoms with E-state index in [1.807, 2.05) is 0 Å². The van der Waals surface area contributed by atoms with Crippen molar-refractivity contribution in [2.75, 3.05) is 6.61 Å². The highest BCUT2D eigenvalue weighted by Crippen LogP contribution is 2.32. The number of ether oxygens (including phenoxy) is 2.